The van der Waals surface area contributed by atoms with E-state index in [2.05, 4.69) is 4.72 Å². The highest BCUT2D eigenvalue weighted by Gasteiger charge is 2.15. The molecule has 0 radical (unpaired) electrons. The molecule has 0 spiro atoms. The Morgan fingerprint density at radius 1 is 1.18 bits per heavy atom. The van der Waals surface area contributed by atoms with Crippen LogP contribution in [0.2, 0.25) is 5.02 Å². The van der Waals surface area contributed by atoms with Gasteiger partial charge in [0.2, 0.25) is 0 Å². The molecule has 2 aromatic carbocycles. The number of anilines is 1. The van der Waals surface area contributed by atoms with Gasteiger partial charge in [-0.25, -0.2) is 13.2 Å². The molecule has 7 heteroatoms. The maximum atomic E-state index is 12.2. The Labute approximate surface area is 133 Å². The Hall–Kier alpha value is -2.05. The first kappa shape index (κ1) is 16.3. The number of hydrogen-bond acceptors (Lipinski definition) is 4. The predicted molar refractivity (Wildman–Crippen MR) is 84.7 cm³/mol. The largest absolute Gasteiger partial charge is 0.462 e. The fourth-order valence-electron chi connectivity index (χ4n) is 1.75. The molecule has 0 saturated heterocycles. The van der Waals surface area contributed by atoms with Crippen molar-refractivity contribution in [1.29, 1.82) is 0 Å². The van der Waals surface area contributed by atoms with Crippen LogP contribution in [0.3, 0.4) is 0 Å². The van der Waals surface area contributed by atoms with Gasteiger partial charge in [-0.3, -0.25) is 4.72 Å². The molecule has 22 heavy (non-hydrogen) atoms. The number of rotatable bonds is 5. The molecule has 0 atom stereocenters. The van der Waals surface area contributed by atoms with Gasteiger partial charge in [-0.05, 0) is 49.4 Å². The Balaban J connectivity index is 2.24. The van der Waals surface area contributed by atoms with Crippen LogP contribution in [0.1, 0.15) is 17.3 Å². The number of ether oxygens (including phenoxy) is 1. The van der Waals surface area contributed by atoms with Crippen molar-refractivity contribution in [2.45, 2.75) is 11.8 Å². The monoisotopic (exact) mass is 339 g/mol. The van der Waals surface area contributed by atoms with Crippen LogP contribution in [0.25, 0.3) is 0 Å². The fourth-order valence-corrected chi connectivity index (χ4v) is 2.93. The van der Waals surface area contributed by atoms with Gasteiger partial charge in [0.05, 0.1) is 17.1 Å². The van der Waals surface area contributed by atoms with Crippen LogP contribution < -0.4 is 4.72 Å². The lowest BCUT2D eigenvalue weighted by Gasteiger charge is -2.09. The van der Waals surface area contributed by atoms with E-state index < -0.39 is 16.0 Å². The van der Waals surface area contributed by atoms with E-state index in [4.69, 9.17) is 16.3 Å². The highest BCUT2D eigenvalue weighted by atomic mass is 35.5. The Bertz CT molecular complexity index is 772. The van der Waals surface area contributed by atoms with Crippen molar-refractivity contribution in [2.75, 3.05) is 11.3 Å². The number of carbonyl (C=O) groups excluding carboxylic acids is 1. The van der Waals surface area contributed by atoms with Gasteiger partial charge in [-0.2, -0.15) is 0 Å². The van der Waals surface area contributed by atoms with Gasteiger partial charge in [0.1, 0.15) is 0 Å². The van der Waals surface area contributed by atoms with Gasteiger partial charge >= 0.3 is 5.97 Å². The summed E-state index contributed by atoms with van der Waals surface area (Å²) >= 11 is 5.74. The minimum absolute atomic E-state index is 0.0819. The first-order valence-corrected chi connectivity index (χ1v) is 8.34. The standard InChI is InChI=1S/C15H14ClNO4S/c1-2-21-15(18)11-4-3-5-13(10-11)17-22(19,20)14-8-6-12(16)7-9-14/h3-10,17H,2H2,1H3. The first-order valence-electron chi connectivity index (χ1n) is 6.48. The van der Waals surface area contributed by atoms with Crippen LogP contribution >= 0.6 is 11.6 Å². The van der Waals surface area contributed by atoms with Gasteiger partial charge in [0.15, 0.2) is 0 Å². The molecule has 0 aromatic heterocycles. The topological polar surface area (TPSA) is 72.5 Å². The average Bonchev–Trinajstić information content (AvgIpc) is 2.48. The van der Waals surface area contributed by atoms with E-state index in [1.807, 2.05) is 0 Å². The van der Waals surface area contributed by atoms with E-state index in [0.29, 0.717) is 5.02 Å². The smallest absolute Gasteiger partial charge is 0.338 e. The van der Waals surface area contributed by atoms with Crippen molar-refractivity contribution in [3.63, 3.8) is 0 Å². The minimum atomic E-state index is -3.75. The van der Waals surface area contributed by atoms with Crippen LogP contribution in [0.4, 0.5) is 5.69 Å². The number of nitrogens with one attached hydrogen (secondary N) is 1. The molecule has 0 heterocycles. The summed E-state index contributed by atoms with van der Waals surface area (Å²) in [4.78, 5) is 11.7. The number of halogens is 1. The molecular weight excluding hydrogens is 326 g/mol. The van der Waals surface area contributed by atoms with Crippen LogP contribution in [0.5, 0.6) is 0 Å². The number of sulfonamides is 1. The maximum Gasteiger partial charge on any atom is 0.338 e. The summed E-state index contributed by atoms with van der Waals surface area (Å²) in [6.07, 6.45) is 0. The zero-order valence-corrected chi connectivity index (χ0v) is 13.3. The second-order valence-corrected chi connectivity index (χ2v) is 6.48. The lowest BCUT2D eigenvalue weighted by atomic mass is 10.2. The molecule has 2 rings (SSSR count). The zero-order chi connectivity index (χ0) is 16.2. The van der Waals surface area contributed by atoms with Crippen molar-refractivity contribution in [2.24, 2.45) is 0 Å². The SMILES string of the molecule is CCOC(=O)c1cccc(NS(=O)(=O)c2ccc(Cl)cc2)c1. The summed E-state index contributed by atoms with van der Waals surface area (Å²) in [6, 6.07) is 11.9. The maximum absolute atomic E-state index is 12.2. The van der Waals surface area contributed by atoms with Gasteiger partial charge in [-0.1, -0.05) is 17.7 Å². The quantitative estimate of drug-likeness (QED) is 0.848. The third kappa shape index (κ3) is 3.99. The molecule has 0 bridgehead atoms. The van der Waals surface area contributed by atoms with Crippen LogP contribution in [-0.2, 0) is 14.8 Å². The van der Waals surface area contributed by atoms with E-state index in [1.54, 1.807) is 25.1 Å². The van der Waals surface area contributed by atoms with E-state index in [-0.39, 0.29) is 22.8 Å². The van der Waals surface area contributed by atoms with E-state index in [0.717, 1.165) is 0 Å². The molecular formula is C15H14ClNO4S. The van der Waals surface area contributed by atoms with Crippen molar-refractivity contribution >= 4 is 33.3 Å². The first-order chi connectivity index (χ1) is 10.4. The lowest BCUT2D eigenvalue weighted by molar-refractivity contribution is 0.0526. The van der Waals surface area contributed by atoms with Gasteiger partial charge < -0.3 is 4.74 Å². The molecule has 0 aliphatic carbocycles. The number of hydrogen-bond donors (Lipinski definition) is 1. The van der Waals surface area contributed by atoms with E-state index >= 15 is 0 Å². The minimum Gasteiger partial charge on any atom is -0.462 e. The average molecular weight is 340 g/mol. The number of benzene rings is 2. The fraction of sp³-hybridized carbons (Fsp3) is 0.133. The highest BCUT2D eigenvalue weighted by Crippen LogP contribution is 2.19. The van der Waals surface area contributed by atoms with E-state index in [9.17, 15) is 13.2 Å². The Morgan fingerprint density at radius 2 is 1.86 bits per heavy atom. The summed E-state index contributed by atoms with van der Waals surface area (Å²) < 4.78 is 31.8. The zero-order valence-electron chi connectivity index (χ0n) is 11.7. The summed E-state index contributed by atoms with van der Waals surface area (Å²) in [5.74, 6) is -0.505. The summed E-state index contributed by atoms with van der Waals surface area (Å²) in [5, 5.41) is 0.447. The van der Waals surface area contributed by atoms with Gasteiger partial charge in [-0.15, -0.1) is 0 Å². The Kier molecular flexibility index (Phi) is 5.05. The summed E-state index contributed by atoms with van der Waals surface area (Å²) in [6.45, 7) is 1.95. The highest BCUT2D eigenvalue weighted by molar-refractivity contribution is 7.92. The normalized spacial score (nSPS) is 11.0. The van der Waals surface area contributed by atoms with Crippen molar-refractivity contribution in [3.8, 4) is 0 Å². The Morgan fingerprint density at radius 3 is 2.50 bits per heavy atom. The predicted octanol–water partition coefficient (Wildman–Crippen LogP) is 3.32. The van der Waals surface area contributed by atoms with Gasteiger partial charge in [0.25, 0.3) is 10.0 Å². The molecule has 0 amide bonds. The van der Waals surface area contributed by atoms with Crippen molar-refractivity contribution in [1.82, 2.24) is 0 Å². The second kappa shape index (κ2) is 6.81. The molecule has 1 N–H and O–H groups in total. The van der Waals surface area contributed by atoms with Crippen LogP contribution in [-0.4, -0.2) is 21.0 Å². The second-order valence-electron chi connectivity index (χ2n) is 4.36. The molecule has 0 unspecified atom stereocenters. The lowest BCUT2D eigenvalue weighted by Crippen LogP contribution is -2.13. The van der Waals surface area contributed by atoms with Crippen molar-refractivity contribution in [3.05, 3.63) is 59.1 Å². The molecule has 5 nitrogen and oxygen atoms in total. The molecule has 0 aliphatic rings. The third-order valence-corrected chi connectivity index (χ3v) is 4.40. The van der Waals surface area contributed by atoms with Crippen LogP contribution in [0.15, 0.2) is 53.4 Å². The third-order valence-electron chi connectivity index (χ3n) is 2.75. The molecule has 0 saturated carbocycles. The number of esters is 1. The molecule has 0 fully saturated rings. The van der Waals surface area contributed by atoms with Crippen molar-refractivity contribution < 1.29 is 17.9 Å². The number of carbonyl (C=O) groups is 1. The van der Waals surface area contributed by atoms with Gasteiger partial charge in [0, 0.05) is 10.7 Å². The molecule has 0 aliphatic heterocycles. The summed E-state index contributed by atoms with van der Waals surface area (Å²) in [7, 11) is -3.75. The molecule has 2 aromatic rings. The summed E-state index contributed by atoms with van der Waals surface area (Å²) in [5.41, 5.74) is 0.554. The van der Waals surface area contributed by atoms with Crippen LogP contribution in [0, 0.1) is 0 Å². The van der Waals surface area contributed by atoms with E-state index in [1.165, 1.54) is 30.3 Å². The molecule has 116 valence electrons.